The number of hydrogen-bond acceptors (Lipinski definition) is 7. The molecule has 0 radical (unpaired) electrons. The largest absolute Gasteiger partial charge is 0.507 e. The smallest absolute Gasteiger partial charge is 0.295 e. The standard InChI is InChI=1S/C28H32N2O6/c1-4-15-36-21-7-5-20(6-8-21)25-24(26(31)23-10-9-22(34-3)18-19(23)2)27(32)28(33)30(25)12-11-29-13-16-35-17-14-29/h4-10,18,25,31H,1,11-17H2,2-3H3/b26-24+. The van der Waals surface area contributed by atoms with Gasteiger partial charge in [-0.05, 0) is 48.4 Å². The predicted octanol–water partition coefficient (Wildman–Crippen LogP) is 3.32. The minimum Gasteiger partial charge on any atom is -0.507 e. The number of hydrogen-bond donors (Lipinski definition) is 1. The first-order valence-corrected chi connectivity index (χ1v) is 12.0. The number of aliphatic hydroxyl groups is 1. The van der Waals surface area contributed by atoms with Gasteiger partial charge in [0, 0.05) is 31.7 Å². The third-order valence-corrected chi connectivity index (χ3v) is 6.55. The van der Waals surface area contributed by atoms with Crippen LogP contribution < -0.4 is 9.47 Å². The normalized spacial score (nSPS) is 19.9. The van der Waals surface area contributed by atoms with E-state index in [1.54, 1.807) is 48.4 Å². The highest BCUT2D eigenvalue weighted by atomic mass is 16.5. The van der Waals surface area contributed by atoms with E-state index in [4.69, 9.17) is 14.2 Å². The van der Waals surface area contributed by atoms with Gasteiger partial charge in [-0.25, -0.2) is 0 Å². The Hall–Kier alpha value is -3.62. The molecular formula is C28H32N2O6. The molecule has 36 heavy (non-hydrogen) atoms. The van der Waals surface area contributed by atoms with E-state index in [0.29, 0.717) is 50.0 Å². The van der Waals surface area contributed by atoms with Crippen molar-refractivity contribution in [3.05, 3.63) is 77.4 Å². The van der Waals surface area contributed by atoms with Crippen molar-refractivity contribution in [1.82, 2.24) is 9.80 Å². The second kappa shape index (κ2) is 11.4. The first-order chi connectivity index (χ1) is 17.4. The van der Waals surface area contributed by atoms with Crippen LogP contribution in [0.5, 0.6) is 11.5 Å². The van der Waals surface area contributed by atoms with Gasteiger partial charge in [-0.15, -0.1) is 0 Å². The number of rotatable bonds is 9. The van der Waals surface area contributed by atoms with Crippen LogP contribution in [0.2, 0.25) is 0 Å². The fourth-order valence-electron chi connectivity index (χ4n) is 4.61. The number of aryl methyl sites for hydroxylation is 1. The molecule has 2 aromatic carbocycles. The van der Waals surface area contributed by atoms with Gasteiger partial charge in [0.2, 0.25) is 0 Å². The molecule has 2 aromatic rings. The van der Waals surface area contributed by atoms with Crippen molar-refractivity contribution in [3.8, 4) is 11.5 Å². The van der Waals surface area contributed by atoms with Crippen LogP contribution in [0.15, 0.2) is 60.7 Å². The Balaban J connectivity index is 1.73. The van der Waals surface area contributed by atoms with Crippen molar-refractivity contribution in [3.63, 3.8) is 0 Å². The molecule has 0 saturated carbocycles. The van der Waals surface area contributed by atoms with E-state index < -0.39 is 17.7 Å². The van der Waals surface area contributed by atoms with Gasteiger partial charge in [-0.3, -0.25) is 14.5 Å². The molecule has 8 nitrogen and oxygen atoms in total. The zero-order valence-corrected chi connectivity index (χ0v) is 20.7. The molecule has 0 bridgehead atoms. The highest BCUT2D eigenvalue weighted by Gasteiger charge is 2.46. The number of ketones is 1. The zero-order chi connectivity index (χ0) is 25.7. The number of carbonyl (C=O) groups excluding carboxylic acids is 2. The summed E-state index contributed by atoms with van der Waals surface area (Å²) < 4.78 is 16.3. The third-order valence-electron chi connectivity index (χ3n) is 6.55. The number of amides is 1. The summed E-state index contributed by atoms with van der Waals surface area (Å²) in [5, 5.41) is 11.4. The average molecular weight is 493 g/mol. The zero-order valence-electron chi connectivity index (χ0n) is 20.7. The summed E-state index contributed by atoms with van der Waals surface area (Å²) in [4.78, 5) is 30.3. The summed E-state index contributed by atoms with van der Waals surface area (Å²) in [6.07, 6.45) is 1.66. The fourth-order valence-corrected chi connectivity index (χ4v) is 4.61. The van der Waals surface area contributed by atoms with Gasteiger partial charge in [-0.2, -0.15) is 0 Å². The number of carbonyl (C=O) groups is 2. The molecule has 2 saturated heterocycles. The van der Waals surface area contributed by atoms with Crippen molar-refractivity contribution in [2.75, 3.05) is 53.1 Å². The summed E-state index contributed by atoms with van der Waals surface area (Å²) in [5.74, 6) is -0.217. The number of ether oxygens (including phenoxy) is 3. The van der Waals surface area contributed by atoms with Crippen LogP contribution in [-0.2, 0) is 14.3 Å². The Morgan fingerprint density at radius 1 is 1.11 bits per heavy atom. The van der Waals surface area contributed by atoms with Gasteiger partial charge in [0.05, 0.1) is 31.9 Å². The SMILES string of the molecule is C=CCOc1ccc(C2/C(=C(\O)c3ccc(OC)cc3C)C(=O)C(=O)N2CCN2CCOCC2)cc1. The molecule has 1 N–H and O–H groups in total. The number of Topliss-reactive ketones (excluding diaryl/α,β-unsaturated/α-hetero) is 1. The lowest BCUT2D eigenvalue weighted by Gasteiger charge is -2.31. The number of morpholine rings is 1. The second-order valence-corrected chi connectivity index (χ2v) is 8.80. The molecule has 2 heterocycles. The van der Waals surface area contributed by atoms with Gasteiger partial charge >= 0.3 is 0 Å². The van der Waals surface area contributed by atoms with Crippen LogP contribution in [0.4, 0.5) is 0 Å². The summed E-state index contributed by atoms with van der Waals surface area (Å²) >= 11 is 0. The second-order valence-electron chi connectivity index (χ2n) is 8.80. The van der Waals surface area contributed by atoms with Crippen LogP contribution in [0.3, 0.4) is 0 Å². The first kappa shape index (κ1) is 25.5. The lowest BCUT2D eigenvalue weighted by atomic mass is 9.94. The maximum Gasteiger partial charge on any atom is 0.295 e. The van der Waals surface area contributed by atoms with Gasteiger partial charge < -0.3 is 24.2 Å². The highest BCUT2D eigenvalue weighted by molar-refractivity contribution is 6.46. The highest BCUT2D eigenvalue weighted by Crippen LogP contribution is 2.40. The number of likely N-dealkylation sites (tertiary alicyclic amines) is 1. The van der Waals surface area contributed by atoms with E-state index in [1.165, 1.54) is 0 Å². The molecule has 2 fully saturated rings. The molecule has 0 aliphatic carbocycles. The van der Waals surface area contributed by atoms with Gasteiger partial charge in [0.1, 0.15) is 23.9 Å². The van der Waals surface area contributed by atoms with Gasteiger partial charge in [-0.1, -0.05) is 24.8 Å². The average Bonchev–Trinajstić information content (AvgIpc) is 3.16. The Bertz CT molecular complexity index is 1150. The summed E-state index contributed by atoms with van der Waals surface area (Å²) in [6, 6.07) is 11.7. The van der Waals surface area contributed by atoms with Crippen LogP contribution in [0.1, 0.15) is 22.7 Å². The van der Waals surface area contributed by atoms with E-state index in [0.717, 1.165) is 24.2 Å². The van der Waals surface area contributed by atoms with E-state index in [2.05, 4.69) is 11.5 Å². The molecule has 190 valence electrons. The Morgan fingerprint density at radius 3 is 2.44 bits per heavy atom. The molecule has 1 atom stereocenters. The quantitative estimate of drug-likeness (QED) is 0.249. The monoisotopic (exact) mass is 492 g/mol. The Morgan fingerprint density at radius 2 is 1.81 bits per heavy atom. The molecule has 0 aromatic heterocycles. The van der Waals surface area contributed by atoms with E-state index in [-0.39, 0.29) is 11.3 Å². The van der Waals surface area contributed by atoms with Crippen molar-refractivity contribution in [2.45, 2.75) is 13.0 Å². The molecule has 1 unspecified atom stereocenters. The van der Waals surface area contributed by atoms with E-state index >= 15 is 0 Å². The van der Waals surface area contributed by atoms with E-state index in [1.807, 2.05) is 19.1 Å². The number of benzene rings is 2. The van der Waals surface area contributed by atoms with Gasteiger partial charge in [0.15, 0.2) is 0 Å². The van der Waals surface area contributed by atoms with Crippen LogP contribution in [0, 0.1) is 6.92 Å². The lowest BCUT2D eigenvalue weighted by Crippen LogP contribution is -2.42. The molecule has 1 amide bonds. The van der Waals surface area contributed by atoms with E-state index in [9.17, 15) is 14.7 Å². The minimum absolute atomic E-state index is 0.0787. The fraction of sp³-hybridized carbons (Fsp3) is 0.357. The minimum atomic E-state index is -0.721. The Labute approximate surface area is 211 Å². The number of nitrogens with zero attached hydrogens (tertiary/aromatic N) is 2. The predicted molar refractivity (Wildman–Crippen MR) is 136 cm³/mol. The first-order valence-electron chi connectivity index (χ1n) is 12.0. The summed E-state index contributed by atoms with van der Waals surface area (Å²) in [7, 11) is 1.57. The van der Waals surface area contributed by atoms with Crippen molar-refractivity contribution in [2.24, 2.45) is 0 Å². The third kappa shape index (κ3) is 5.29. The maximum atomic E-state index is 13.3. The number of aliphatic hydroxyl groups excluding tert-OH is 1. The molecule has 2 aliphatic heterocycles. The van der Waals surface area contributed by atoms with Crippen LogP contribution in [0.25, 0.3) is 5.76 Å². The summed E-state index contributed by atoms with van der Waals surface area (Å²) in [6.45, 7) is 9.64. The maximum absolute atomic E-state index is 13.3. The molecule has 0 spiro atoms. The van der Waals surface area contributed by atoms with Crippen LogP contribution in [-0.4, -0.2) is 79.7 Å². The topological polar surface area (TPSA) is 88.5 Å². The van der Waals surface area contributed by atoms with Crippen molar-refractivity contribution in [1.29, 1.82) is 0 Å². The molecule has 8 heteroatoms. The Kier molecular flexibility index (Phi) is 8.07. The molecular weight excluding hydrogens is 460 g/mol. The number of methoxy groups -OCH3 is 1. The van der Waals surface area contributed by atoms with Crippen molar-refractivity contribution < 1.29 is 28.9 Å². The molecule has 4 rings (SSSR count). The summed E-state index contributed by atoms with van der Waals surface area (Å²) in [5.41, 5.74) is 2.01. The van der Waals surface area contributed by atoms with Crippen LogP contribution >= 0.6 is 0 Å². The lowest BCUT2D eigenvalue weighted by molar-refractivity contribution is -0.140. The molecule has 2 aliphatic rings. The van der Waals surface area contributed by atoms with Gasteiger partial charge in [0.25, 0.3) is 11.7 Å². The van der Waals surface area contributed by atoms with Crippen molar-refractivity contribution >= 4 is 17.4 Å².